The van der Waals surface area contributed by atoms with Crippen molar-refractivity contribution in [3.05, 3.63) is 28.8 Å². The first-order chi connectivity index (χ1) is 8.63. The highest BCUT2D eigenvalue weighted by molar-refractivity contribution is 6.31. The van der Waals surface area contributed by atoms with Crippen LogP contribution in [0.4, 0.5) is 5.69 Å². The summed E-state index contributed by atoms with van der Waals surface area (Å²) in [5, 5.41) is 0.454. The third-order valence-corrected chi connectivity index (χ3v) is 2.81. The summed E-state index contributed by atoms with van der Waals surface area (Å²) in [6, 6.07) is 4.92. The van der Waals surface area contributed by atoms with Crippen molar-refractivity contribution in [3.8, 4) is 11.8 Å². The number of nitrogens with zero attached hydrogens (tertiary/aromatic N) is 1. The van der Waals surface area contributed by atoms with Gasteiger partial charge in [-0.3, -0.25) is 9.59 Å². The van der Waals surface area contributed by atoms with Gasteiger partial charge >= 0.3 is 0 Å². The molecule has 1 aromatic rings. The van der Waals surface area contributed by atoms with E-state index in [4.69, 9.17) is 17.3 Å². The Bertz CT molecular complexity index is 556. The topological polar surface area (TPSA) is 63.4 Å². The van der Waals surface area contributed by atoms with Crippen LogP contribution in [-0.4, -0.2) is 18.4 Å². The molecule has 1 aliphatic heterocycles. The summed E-state index contributed by atoms with van der Waals surface area (Å²) in [6.45, 7) is 0.212. The number of imide groups is 1. The summed E-state index contributed by atoms with van der Waals surface area (Å²) in [6.07, 6.45) is 0.463. The second-order valence-electron chi connectivity index (χ2n) is 3.79. The van der Waals surface area contributed by atoms with Crippen molar-refractivity contribution in [2.45, 2.75) is 12.8 Å². The molecule has 92 valence electrons. The molecule has 0 aromatic heterocycles. The minimum absolute atomic E-state index is 0.212. The average Bonchev–Trinajstić information content (AvgIpc) is 2.67. The Morgan fingerprint density at radius 1 is 1.28 bits per heavy atom. The molecule has 1 aromatic carbocycles. The second kappa shape index (κ2) is 5.21. The van der Waals surface area contributed by atoms with E-state index in [1.165, 1.54) is 0 Å². The summed E-state index contributed by atoms with van der Waals surface area (Å²) >= 11 is 5.90. The van der Waals surface area contributed by atoms with E-state index in [0.717, 1.165) is 4.90 Å². The Morgan fingerprint density at radius 2 is 1.94 bits per heavy atom. The lowest BCUT2D eigenvalue weighted by Gasteiger charge is -2.16. The Kier molecular flexibility index (Phi) is 3.66. The van der Waals surface area contributed by atoms with Gasteiger partial charge in [-0.05, 0) is 18.2 Å². The minimum atomic E-state index is -0.224. The lowest BCUT2D eigenvalue weighted by atomic mass is 10.1. The van der Waals surface area contributed by atoms with Gasteiger partial charge in [-0.25, -0.2) is 4.90 Å². The van der Waals surface area contributed by atoms with Gasteiger partial charge in [0, 0.05) is 23.4 Å². The fourth-order valence-electron chi connectivity index (χ4n) is 1.79. The fourth-order valence-corrected chi connectivity index (χ4v) is 1.95. The molecule has 0 saturated carbocycles. The van der Waals surface area contributed by atoms with Crippen molar-refractivity contribution in [2.24, 2.45) is 5.73 Å². The zero-order valence-corrected chi connectivity index (χ0v) is 10.3. The molecule has 2 amide bonds. The van der Waals surface area contributed by atoms with Gasteiger partial charge in [-0.2, -0.15) is 0 Å². The number of nitrogens with two attached hydrogens (primary N) is 1. The van der Waals surface area contributed by atoms with Gasteiger partial charge < -0.3 is 5.73 Å². The highest BCUT2D eigenvalue weighted by atomic mass is 35.5. The molecule has 0 atom stereocenters. The number of hydrogen-bond acceptors (Lipinski definition) is 3. The molecule has 0 radical (unpaired) electrons. The van der Waals surface area contributed by atoms with Gasteiger partial charge in [0.15, 0.2) is 0 Å². The van der Waals surface area contributed by atoms with Gasteiger partial charge in [0.1, 0.15) is 0 Å². The standard InChI is InChI=1S/C13H11ClN2O2/c14-10-4-3-9(2-1-7-15)11(8-10)16-12(17)5-6-13(16)18/h3-4,8H,5-7,15H2. The quantitative estimate of drug-likeness (QED) is 0.613. The molecule has 2 rings (SSSR count). The molecule has 4 nitrogen and oxygen atoms in total. The number of hydrogen-bond donors (Lipinski definition) is 1. The second-order valence-corrected chi connectivity index (χ2v) is 4.23. The van der Waals surface area contributed by atoms with Crippen LogP contribution in [0.3, 0.4) is 0 Å². The maximum Gasteiger partial charge on any atom is 0.234 e. The molecule has 0 aliphatic carbocycles. The summed E-state index contributed by atoms with van der Waals surface area (Å²) in [5.41, 5.74) is 6.34. The number of halogens is 1. The molecular weight excluding hydrogens is 252 g/mol. The van der Waals surface area contributed by atoms with E-state index in [0.29, 0.717) is 16.3 Å². The van der Waals surface area contributed by atoms with Gasteiger partial charge in [-0.15, -0.1) is 0 Å². The average molecular weight is 263 g/mol. The van der Waals surface area contributed by atoms with E-state index in [1.807, 2.05) is 0 Å². The van der Waals surface area contributed by atoms with Crippen LogP contribution in [0.25, 0.3) is 0 Å². The van der Waals surface area contributed by atoms with Crippen LogP contribution in [0.15, 0.2) is 18.2 Å². The number of amides is 2. The summed E-state index contributed by atoms with van der Waals surface area (Å²) in [5.74, 6) is 5.09. The smallest absolute Gasteiger partial charge is 0.234 e. The van der Waals surface area contributed by atoms with E-state index in [-0.39, 0.29) is 31.2 Å². The van der Waals surface area contributed by atoms with Crippen molar-refractivity contribution in [1.82, 2.24) is 0 Å². The van der Waals surface area contributed by atoms with Crippen LogP contribution in [0, 0.1) is 11.8 Å². The first kappa shape index (κ1) is 12.6. The number of rotatable bonds is 1. The van der Waals surface area contributed by atoms with E-state index < -0.39 is 0 Å². The summed E-state index contributed by atoms with van der Waals surface area (Å²) in [4.78, 5) is 24.6. The summed E-state index contributed by atoms with van der Waals surface area (Å²) < 4.78 is 0. The SMILES string of the molecule is NCC#Cc1ccc(Cl)cc1N1C(=O)CCC1=O. The molecule has 0 unspecified atom stereocenters. The third-order valence-electron chi connectivity index (χ3n) is 2.58. The van der Waals surface area contributed by atoms with Crippen molar-refractivity contribution < 1.29 is 9.59 Å². The molecular formula is C13H11ClN2O2. The van der Waals surface area contributed by atoms with Crippen molar-refractivity contribution >= 4 is 29.1 Å². The predicted molar refractivity (Wildman–Crippen MR) is 69.1 cm³/mol. The van der Waals surface area contributed by atoms with Crippen LogP contribution >= 0.6 is 11.6 Å². The monoisotopic (exact) mass is 262 g/mol. The third kappa shape index (κ3) is 2.37. The largest absolute Gasteiger partial charge is 0.320 e. The van der Waals surface area contributed by atoms with E-state index in [1.54, 1.807) is 18.2 Å². The van der Waals surface area contributed by atoms with Crippen LogP contribution in [0.2, 0.25) is 5.02 Å². The van der Waals surface area contributed by atoms with Crippen molar-refractivity contribution in [3.63, 3.8) is 0 Å². The maximum absolute atomic E-state index is 11.7. The van der Waals surface area contributed by atoms with E-state index in [9.17, 15) is 9.59 Å². The highest BCUT2D eigenvalue weighted by Crippen LogP contribution is 2.28. The molecule has 5 heteroatoms. The van der Waals surface area contributed by atoms with Gasteiger partial charge in [0.25, 0.3) is 0 Å². The van der Waals surface area contributed by atoms with Gasteiger partial charge in [-0.1, -0.05) is 23.4 Å². The molecule has 1 aliphatic rings. The van der Waals surface area contributed by atoms with Gasteiger partial charge in [0.2, 0.25) is 11.8 Å². The molecule has 0 spiro atoms. The number of carbonyl (C=O) groups excluding carboxylic acids is 2. The molecule has 2 N–H and O–H groups in total. The highest BCUT2D eigenvalue weighted by Gasteiger charge is 2.31. The number of carbonyl (C=O) groups is 2. The number of benzene rings is 1. The van der Waals surface area contributed by atoms with Crippen LogP contribution in [0.5, 0.6) is 0 Å². The lowest BCUT2D eigenvalue weighted by molar-refractivity contribution is -0.121. The first-order valence-corrected chi connectivity index (χ1v) is 5.85. The predicted octanol–water partition coefficient (Wildman–Crippen LogP) is 1.30. The van der Waals surface area contributed by atoms with Crippen LogP contribution < -0.4 is 10.6 Å². The Morgan fingerprint density at radius 3 is 2.56 bits per heavy atom. The zero-order valence-electron chi connectivity index (χ0n) is 9.57. The minimum Gasteiger partial charge on any atom is -0.320 e. The number of anilines is 1. The Hall–Kier alpha value is -1.83. The molecule has 0 bridgehead atoms. The fraction of sp³-hybridized carbons (Fsp3) is 0.231. The van der Waals surface area contributed by atoms with E-state index >= 15 is 0 Å². The normalized spacial score (nSPS) is 14.7. The van der Waals surface area contributed by atoms with Crippen LogP contribution in [0.1, 0.15) is 18.4 Å². The first-order valence-electron chi connectivity index (χ1n) is 5.47. The molecule has 1 saturated heterocycles. The maximum atomic E-state index is 11.7. The zero-order chi connectivity index (χ0) is 13.1. The van der Waals surface area contributed by atoms with Crippen LogP contribution in [-0.2, 0) is 9.59 Å². The Balaban J connectivity index is 2.51. The lowest BCUT2D eigenvalue weighted by Crippen LogP contribution is -2.29. The molecule has 18 heavy (non-hydrogen) atoms. The molecule has 1 heterocycles. The Labute approximate surface area is 110 Å². The van der Waals surface area contributed by atoms with Crippen molar-refractivity contribution in [1.29, 1.82) is 0 Å². The van der Waals surface area contributed by atoms with E-state index in [2.05, 4.69) is 11.8 Å². The van der Waals surface area contributed by atoms with Gasteiger partial charge in [0.05, 0.1) is 12.2 Å². The molecule has 1 fully saturated rings. The van der Waals surface area contributed by atoms with Crippen molar-refractivity contribution in [2.75, 3.05) is 11.4 Å². The summed E-state index contributed by atoms with van der Waals surface area (Å²) in [7, 11) is 0.